The smallest absolute Gasteiger partial charge is 0.271 e. The van der Waals surface area contributed by atoms with Gasteiger partial charge in [0.1, 0.15) is 0 Å². The fourth-order valence-electron chi connectivity index (χ4n) is 3.33. The Bertz CT molecular complexity index is 1080. The zero-order valence-electron chi connectivity index (χ0n) is 17.6. The molecule has 9 nitrogen and oxygen atoms in total. The lowest BCUT2D eigenvalue weighted by Gasteiger charge is -2.15. The molecular formula is C21H25N3O6S. The molecule has 1 heterocycles. The molecule has 1 amide bonds. The number of carbonyl (C=O) groups excluding carboxylic acids is 1. The van der Waals surface area contributed by atoms with Crippen LogP contribution >= 0.6 is 0 Å². The minimum atomic E-state index is -3.61. The monoisotopic (exact) mass is 447 g/mol. The van der Waals surface area contributed by atoms with Gasteiger partial charge in [-0.1, -0.05) is 6.07 Å². The molecule has 2 aromatic carbocycles. The molecule has 0 aromatic heterocycles. The van der Waals surface area contributed by atoms with Crippen molar-refractivity contribution in [1.29, 1.82) is 0 Å². The van der Waals surface area contributed by atoms with Crippen molar-refractivity contribution in [3.63, 3.8) is 0 Å². The van der Waals surface area contributed by atoms with E-state index in [1.807, 2.05) is 0 Å². The van der Waals surface area contributed by atoms with Crippen molar-refractivity contribution in [3.05, 3.63) is 47.5 Å². The van der Waals surface area contributed by atoms with Crippen molar-refractivity contribution in [2.24, 2.45) is 5.10 Å². The SMILES string of the molecule is COc1ccc(/C=N/NC(=O)c2cccc(S(=O)(=O)N3CCCC3)c2)c(OC)c1OC. The van der Waals surface area contributed by atoms with E-state index in [0.717, 1.165) is 12.8 Å². The number of methoxy groups -OCH3 is 3. The predicted molar refractivity (Wildman–Crippen MR) is 116 cm³/mol. The van der Waals surface area contributed by atoms with E-state index in [9.17, 15) is 13.2 Å². The normalized spacial score (nSPS) is 14.5. The van der Waals surface area contributed by atoms with Crippen molar-refractivity contribution in [2.75, 3.05) is 34.4 Å². The Morgan fingerprint density at radius 2 is 1.74 bits per heavy atom. The van der Waals surface area contributed by atoms with E-state index in [-0.39, 0.29) is 10.5 Å². The number of hydrazone groups is 1. The van der Waals surface area contributed by atoms with Crippen LogP contribution < -0.4 is 19.6 Å². The first-order valence-corrected chi connectivity index (χ1v) is 11.1. The van der Waals surface area contributed by atoms with Crippen LogP contribution in [-0.2, 0) is 10.0 Å². The molecular weight excluding hydrogens is 422 g/mol. The third-order valence-corrected chi connectivity index (χ3v) is 6.80. The summed E-state index contributed by atoms with van der Waals surface area (Å²) < 4.78 is 42.8. The summed E-state index contributed by atoms with van der Waals surface area (Å²) >= 11 is 0. The second-order valence-electron chi connectivity index (χ2n) is 6.76. The summed E-state index contributed by atoms with van der Waals surface area (Å²) in [7, 11) is 0.886. The number of rotatable bonds is 8. The highest BCUT2D eigenvalue weighted by Gasteiger charge is 2.27. The summed E-state index contributed by atoms with van der Waals surface area (Å²) in [6.45, 7) is 0.992. The average Bonchev–Trinajstić information content (AvgIpc) is 3.34. The maximum atomic E-state index is 12.7. The number of nitrogens with one attached hydrogen (secondary N) is 1. The molecule has 0 spiro atoms. The van der Waals surface area contributed by atoms with Crippen molar-refractivity contribution in [2.45, 2.75) is 17.7 Å². The molecule has 166 valence electrons. The van der Waals surface area contributed by atoms with E-state index in [4.69, 9.17) is 14.2 Å². The highest BCUT2D eigenvalue weighted by atomic mass is 32.2. The van der Waals surface area contributed by atoms with Gasteiger partial charge in [-0.3, -0.25) is 4.79 Å². The second-order valence-corrected chi connectivity index (χ2v) is 8.70. The van der Waals surface area contributed by atoms with Gasteiger partial charge in [0.2, 0.25) is 15.8 Å². The van der Waals surface area contributed by atoms with Gasteiger partial charge in [-0.2, -0.15) is 9.41 Å². The fourth-order valence-corrected chi connectivity index (χ4v) is 4.89. The first kappa shape index (κ1) is 22.6. The number of benzene rings is 2. The van der Waals surface area contributed by atoms with Crippen LogP contribution in [0.2, 0.25) is 0 Å². The van der Waals surface area contributed by atoms with Crippen molar-refractivity contribution in [3.8, 4) is 17.2 Å². The van der Waals surface area contributed by atoms with E-state index in [1.165, 1.54) is 50.0 Å². The quantitative estimate of drug-likeness (QED) is 0.491. The first-order chi connectivity index (χ1) is 14.9. The lowest BCUT2D eigenvalue weighted by molar-refractivity contribution is 0.0955. The summed E-state index contributed by atoms with van der Waals surface area (Å²) in [6.07, 6.45) is 3.09. The molecule has 31 heavy (non-hydrogen) atoms. The molecule has 0 unspecified atom stereocenters. The Balaban J connectivity index is 1.77. The average molecular weight is 448 g/mol. The predicted octanol–water partition coefficient (Wildman–Crippen LogP) is 2.26. The van der Waals surface area contributed by atoms with Crippen LogP contribution in [-0.4, -0.2) is 59.3 Å². The van der Waals surface area contributed by atoms with Crippen LogP contribution in [0.25, 0.3) is 0 Å². The molecule has 1 aliphatic rings. The van der Waals surface area contributed by atoms with Crippen LogP contribution in [0.4, 0.5) is 0 Å². The number of sulfonamides is 1. The van der Waals surface area contributed by atoms with Crippen molar-refractivity contribution in [1.82, 2.24) is 9.73 Å². The summed E-state index contributed by atoms with van der Waals surface area (Å²) in [6, 6.07) is 9.32. The van der Waals surface area contributed by atoms with Gasteiger partial charge in [0.05, 0.1) is 32.4 Å². The first-order valence-electron chi connectivity index (χ1n) is 9.65. The molecule has 3 rings (SSSR count). The lowest BCUT2D eigenvalue weighted by atomic mass is 10.2. The maximum Gasteiger partial charge on any atom is 0.271 e. The van der Waals surface area contributed by atoms with Crippen LogP contribution in [0.15, 0.2) is 46.4 Å². The van der Waals surface area contributed by atoms with E-state index in [0.29, 0.717) is 35.9 Å². The van der Waals surface area contributed by atoms with Gasteiger partial charge < -0.3 is 14.2 Å². The molecule has 0 atom stereocenters. The van der Waals surface area contributed by atoms with Crippen molar-refractivity contribution >= 4 is 22.1 Å². The van der Waals surface area contributed by atoms with Crippen LogP contribution in [0, 0.1) is 0 Å². The topological polar surface area (TPSA) is 107 Å². The van der Waals surface area contributed by atoms with Crippen LogP contribution in [0.3, 0.4) is 0 Å². The van der Waals surface area contributed by atoms with Gasteiger partial charge in [-0.25, -0.2) is 13.8 Å². The van der Waals surface area contributed by atoms with Gasteiger partial charge in [0.15, 0.2) is 11.5 Å². The van der Waals surface area contributed by atoms with E-state index in [1.54, 1.807) is 18.2 Å². The summed E-state index contributed by atoms with van der Waals surface area (Å²) in [4.78, 5) is 12.6. The third kappa shape index (κ3) is 4.80. The van der Waals surface area contributed by atoms with E-state index in [2.05, 4.69) is 10.5 Å². The lowest BCUT2D eigenvalue weighted by Crippen LogP contribution is -2.28. The Kier molecular flexibility index (Phi) is 7.13. The van der Waals surface area contributed by atoms with Crippen molar-refractivity contribution < 1.29 is 27.4 Å². The molecule has 0 aliphatic carbocycles. The number of hydrogen-bond acceptors (Lipinski definition) is 7. The van der Waals surface area contributed by atoms with Gasteiger partial charge in [-0.05, 0) is 43.2 Å². The summed E-state index contributed by atoms with van der Waals surface area (Å²) in [5.41, 5.74) is 3.16. The molecule has 1 N–H and O–H groups in total. The summed E-state index contributed by atoms with van der Waals surface area (Å²) in [5.74, 6) is 0.768. The van der Waals surface area contributed by atoms with E-state index >= 15 is 0 Å². The molecule has 1 aliphatic heterocycles. The Morgan fingerprint density at radius 1 is 1.03 bits per heavy atom. The number of ether oxygens (including phenoxy) is 3. The number of carbonyl (C=O) groups is 1. The minimum Gasteiger partial charge on any atom is -0.493 e. The Labute approximate surface area is 181 Å². The number of nitrogens with zero attached hydrogens (tertiary/aromatic N) is 2. The standard InChI is InChI=1S/C21H25N3O6S/c1-28-18-10-9-16(19(29-2)20(18)30-3)14-22-23-21(25)15-7-6-8-17(13-15)31(26,27)24-11-4-5-12-24/h6-10,13-14H,4-5,11-12H2,1-3H3,(H,23,25)/b22-14+. The second kappa shape index (κ2) is 9.80. The zero-order chi connectivity index (χ0) is 22.4. The Hall–Kier alpha value is -3.11. The minimum absolute atomic E-state index is 0.0904. The number of amides is 1. The molecule has 10 heteroatoms. The van der Waals surface area contributed by atoms with Gasteiger partial charge in [-0.15, -0.1) is 0 Å². The summed E-state index contributed by atoms with van der Waals surface area (Å²) in [5, 5.41) is 3.97. The molecule has 1 saturated heterocycles. The molecule has 0 saturated carbocycles. The molecule has 0 radical (unpaired) electrons. The fraction of sp³-hybridized carbons (Fsp3) is 0.333. The van der Waals surface area contributed by atoms with Gasteiger partial charge in [0, 0.05) is 24.2 Å². The van der Waals surface area contributed by atoms with Crippen LogP contribution in [0.1, 0.15) is 28.8 Å². The molecule has 0 bridgehead atoms. The molecule has 1 fully saturated rings. The van der Waals surface area contributed by atoms with Crippen LogP contribution in [0.5, 0.6) is 17.2 Å². The van der Waals surface area contributed by atoms with Gasteiger partial charge in [0.25, 0.3) is 5.91 Å². The highest BCUT2D eigenvalue weighted by molar-refractivity contribution is 7.89. The zero-order valence-corrected chi connectivity index (χ0v) is 18.4. The van der Waals surface area contributed by atoms with E-state index < -0.39 is 15.9 Å². The van der Waals surface area contributed by atoms with Gasteiger partial charge >= 0.3 is 0 Å². The number of hydrogen-bond donors (Lipinski definition) is 1. The Morgan fingerprint density at radius 3 is 2.39 bits per heavy atom. The third-order valence-electron chi connectivity index (χ3n) is 4.90. The maximum absolute atomic E-state index is 12.7. The highest BCUT2D eigenvalue weighted by Crippen LogP contribution is 2.38. The largest absolute Gasteiger partial charge is 0.493 e. The molecule has 2 aromatic rings.